The number of fused-ring (bicyclic) bond motifs is 1. The minimum atomic E-state index is -3.51. The van der Waals surface area contributed by atoms with Gasteiger partial charge in [0.15, 0.2) is 9.84 Å². The normalized spacial score (nSPS) is 17.1. The topological polar surface area (TPSA) is 79.4 Å². The molecule has 9 heteroatoms. The van der Waals surface area contributed by atoms with Crippen LogP contribution < -0.4 is 10.2 Å². The molecule has 1 aromatic heterocycles. The zero-order valence-electron chi connectivity index (χ0n) is 13.9. The van der Waals surface area contributed by atoms with E-state index in [1.165, 1.54) is 29.2 Å². The van der Waals surface area contributed by atoms with E-state index in [1.807, 2.05) is 0 Å². The van der Waals surface area contributed by atoms with Crippen molar-refractivity contribution in [2.75, 3.05) is 17.2 Å². The lowest BCUT2D eigenvalue weighted by Gasteiger charge is -2.25. The van der Waals surface area contributed by atoms with Gasteiger partial charge in [0.05, 0.1) is 34.3 Å². The van der Waals surface area contributed by atoms with Crippen molar-refractivity contribution in [2.45, 2.75) is 24.3 Å². The Kier molecular flexibility index (Phi) is 5.15. The Hall–Kier alpha value is -2.19. The average Bonchev–Trinajstić information content (AvgIpc) is 2.71. The third-order valence-electron chi connectivity index (χ3n) is 4.12. The van der Waals surface area contributed by atoms with Gasteiger partial charge in [-0.2, -0.15) is 0 Å². The Morgan fingerprint density at radius 1 is 1.35 bits per heavy atom. The van der Waals surface area contributed by atoms with Gasteiger partial charge in [0.25, 0.3) is 0 Å². The molecular weight excluding hydrogens is 381 g/mol. The molecule has 26 heavy (non-hydrogen) atoms. The van der Waals surface area contributed by atoms with Crippen LogP contribution in [0.2, 0.25) is 5.02 Å². The number of aromatic nitrogens is 1. The highest BCUT2D eigenvalue weighted by molar-refractivity contribution is 7.91. The molecule has 1 aliphatic heterocycles. The molecular formula is C17H17ClFN3O3S. The maximum absolute atomic E-state index is 13.0. The smallest absolute Gasteiger partial charge is 0.322 e. The number of urea groups is 1. The molecule has 0 aliphatic carbocycles. The SMILES string of the molecule is C[C@@H](NC(=O)N1CCCS(=O)(=O)c2cc(Cl)ccc21)c1ccc(F)cn1. The second kappa shape index (κ2) is 7.20. The summed E-state index contributed by atoms with van der Waals surface area (Å²) in [5, 5.41) is 3.06. The predicted octanol–water partition coefficient (Wildman–Crippen LogP) is 3.33. The highest BCUT2D eigenvalue weighted by Crippen LogP contribution is 2.32. The van der Waals surface area contributed by atoms with E-state index in [4.69, 9.17) is 11.6 Å². The molecule has 138 valence electrons. The fourth-order valence-electron chi connectivity index (χ4n) is 2.79. The summed E-state index contributed by atoms with van der Waals surface area (Å²) >= 11 is 5.94. The highest BCUT2D eigenvalue weighted by atomic mass is 35.5. The van der Waals surface area contributed by atoms with Gasteiger partial charge in [-0.1, -0.05) is 11.6 Å². The van der Waals surface area contributed by atoms with Crippen molar-refractivity contribution < 1.29 is 17.6 Å². The number of anilines is 1. The number of halogens is 2. The van der Waals surface area contributed by atoms with E-state index in [0.29, 0.717) is 22.8 Å². The van der Waals surface area contributed by atoms with Crippen molar-refractivity contribution in [2.24, 2.45) is 0 Å². The molecule has 0 bridgehead atoms. The lowest BCUT2D eigenvalue weighted by atomic mass is 10.2. The van der Waals surface area contributed by atoms with Crippen LogP contribution in [0.4, 0.5) is 14.9 Å². The van der Waals surface area contributed by atoms with Crippen LogP contribution in [0.1, 0.15) is 25.1 Å². The Bertz CT molecular complexity index is 935. The number of rotatable bonds is 2. The Labute approximate surface area is 155 Å². The molecule has 2 heterocycles. The molecule has 2 aromatic rings. The van der Waals surface area contributed by atoms with Crippen LogP contribution in [0.5, 0.6) is 0 Å². The summed E-state index contributed by atoms with van der Waals surface area (Å²) < 4.78 is 37.8. The summed E-state index contributed by atoms with van der Waals surface area (Å²) in [7, 11) is -3.51. The quantitative estimate of drug-likeness (QED) is 0.842. The molecule has 3 rings (SSSR count). The van der Waals surface area contributed by atoms with Crippen molar-refractivity contribution in [3.8, 4) is 0 Å². The van der Waals surface area contributed by atoms with Crippen molar-refractivity contribution in [3.05, 3.63) is 53.1 Å². The third kappa shape index (κ3) is 3.81. The van der Waals surface area contributed by atoms with Crippen molar-refractivity contribution in [1.29, 1.82) is 0 Å². The van der Waals surface area contributed by atoms with Gasteiger partial charge in [-0.3, -0.25) is 9.88 Å². The summed E-state index contributed by atoms with van der Waals surface area (Å²) in [6, 6.07) is 6.26. The largest absolute Gasteiger partial charge is 0.330 e. The van der Waals surface area contributed by atoms with Crippen LogP contribution >= 0.6 is 11.6 Å². The molecule has 1 atom stereocenters. The summed E-state index contributed by atoms with van der Waals surface area (Å²) in [5.41, 5.74) is 0.794. The molecule has 0 saturated heterocycles. The number of carbonyl (C=O) groups is 1. The summed E-state index contributed by atoms with van der Waals surface area (Å²) in [4.78, 5) is 18.1. The van der Waals surface area contributed by atoms with E-state index in [-0.39, 0.29) is 17.2 Å². The van der Waals surface area contributed by atoms with Crippen LogP contribution in [0.25, 0.3) is 0 Å². The van der Waals surface area contributed by atoms with E-state index in [9.17, 15) is 17.6 Å². The summed E-state index contributed by atoms with van der Waals surface area (Å²) in [6.45, 7) is 1.97. The molecule has 0 spiro atoms. The van der Waals surface area contributed by atoms with E-state index >= 15 is 0 Å². The Morgan fingerprint density at radius 2 is 2.12 bits per heavy atom. The summed E-state index contributed by atoms with van der Waals surface area (Å²) in [5.74, 6) is -0.519. The zero-order chi connectivity index (χ0) is 18.9. The van der Waals surface area contributed by atoms with Crippen LogP contribution in [-0.4, -0.2) is 31.7 Å². The highest BCUT2D eigenvalue weighted by Gasteiger charge is 2.30. The van der Waals surface area contributed by atoms with Gasteiger partial charge in [-0.25, -0.2) is 17.6 Å². The first-order valence-corrected chi connectivity index (χ1v) is 10.0. The summed E-state index contributed by atoms with van der Waals surface area (Å²) in [6.07, 6.45) is 1.39. The number of nitrogens with one attached hydrogen (secondary N) is 1. The molecule has 1 aliphatic rings. The minimum absolute atomic E-state index is 0.0465. The molecule has 0 unspecified atom stereocenters. The Morgan fingerprint density at radius 3 is 2.81 bits per heavy atom. The molecule has 0 saturated carbocycles. The maximum atomic E-state index is 13.0. The van der Waals surface area contributed by atoms with Gasteiger partial charge >= 0.3 is 6.03 Å². The first kappa shape index (κ1) is 18.6. The lowest BCUT2D eigenvalue weighted by molar-refractivity contribution is 0.243. The van der Waals surface area contributed by atoms with Gasteiger partial charge < -0.3 is 5.32 Å². The Balaban J connectivity index is 1.88. The predicted molar refractivity (Wildman–Crippen MR) is 96.6 cm³/mol. The zero-order valence-corrected chi connectivity index (χ0v) is 15.5. The van der Waals surface area contributed by atoms with Crippen molar-refractivity contribution in [1.82, 2.24) is 10.3 Å². The molecule has 1 N–H and O–H groups in total. The third-order valence-corrected chi connectivity index (χ3v) is 6.18. The van der Waals surface area contributed by atoms with Gasteiger partial charge in [-0.05, 0) is 43.7 Å². The number of nitrogens with zero attached hydrogens (tertiary/aromatic N) is 2. The van der Waals surface area contributed by atoms with Gasteiger partial charge in [0.2, 0.25) is 0 Å². The van der Waals surface area contributed by atoms with Gasteiger partial charge in [0.1, 0.15) is 5.82 Å². The van der Waals surface area contributed by atoms with Crippen LogP contribution in [0.3, 0.4) is 0 Å². The second-order valence-corrected chi connectivity index (χ2v) is 8.52. The van der Waals surface area contributed by atoms with E-state index < -0.39 is 27.7 Å². The number of hydrogen-bond acceptors (Lipinski definition) is 4. The number of sulfone groups is 1. The number of amides is 2. The molecule has 6 nitrogen and oxygen atoms in total. The number of carbonyl (C=O) groups excluding carboxylic acids is 1. The van der Waals surface area contributed by atoms with Crippen LogP contribution in [-0.2, 0) is 9.84 Å². The van der Waals surface area contributed by atoms with E-state index in [2.05, 4.69) is 10.3 Å². The average molecular weight is 398 g/mol. The molecule has 0 radical (unpaired) electrons. The van der Waals surface area contributed by atoms with Gasteiger partial charge in [-0.15, -0.1) is 0 Å². The minimum Gasteiger partial charge on any atom is -0.330 e. The molecule has 2 amide bonds. The fraction of sp³-hybridized carbons (Fsp3) is 0.294. The van der Waals surface area contributed by atoms with Crippen LogP contribution in [0, 0.1) is 5.82 Å². The first-order valence-electron chi connectivity index (χ1n) is 8.00. The molecule has 1 aromatic carbocycles. The standard InChI is InChI=1S/C17H17ClFN3O3S/c1-11(14-5-4-13(19)10-20-14)21-17(23)22-7-2-8-26(24,25)16-9-12(18)3-6-15(16)22/h3-6,9-11H,2,7-8H2,1H3,(H,21,23)/t11-/m1/s1. The van der Waals surface area contributed by atoms with Crippen molar-refractivity contribution >= 4 is 33.2 Å². The monoisotopic (exact) mass is 397 g/mol. The van der Waals surface area contributed by atoms with Crippen LogP contribution in [0.15, 0.2) is 41.4 Å². The number of pyridine rings is 1. The van der Waals surface area contributed by atoms with E-state index in [0.717, 1.165) is 6.20 Å². The van der Waals surface area contributed by atoms with Gasteiger partial charge in [0, 0.05) is 11.6 Å². The number of hydrogen-bond donors (Lipinski definition) is 1. The number of benzene rings is 1. The van der Waals surface area contributed by atoms with E-state index in [1.54, 1.807) is 13.0 Å². The molecule has 0 fully saturated rings. The second-order valence-electron chi connectivity index (χ2n) is 6.01. The lowest BCUT2D eigenvalue weighted by Crippen LogP contribution is -2.42. The first-order chi connectivity index (χ1) is 12.3. The fourth-order valence-corrected chi connectivity index (χ4v) is 4.56. The maximum Gasteiger partial charge on any atom is 0.322 e. The van der Waals surface area contributed by atoms with Crippen molar-refractivity contribution in [3.63, 3.8) is 0 Å².